The smallest absolute Gasteiger partial charge is 0.250 e. The van der Waals surface area contributed by atoms with Crippen LogP contribution in [0.1, 0.15) is 23.6 Å². The number of thiocarbonyl (C=S) groups is 1. The number of pyridine rings is 1. The van der Waals surface area contributed by atoms with Gasteiger partial charge in [-0.2, -0.15) is 0 Å². The van der Waals surface area contributed by atoms with Gasteiger partial charge in [0.2, 0.25) is 5.91 Å². The number of carbonyl (C=O) groups excluding carboxylic acids is 1. The Morgan fingerprint density at radius 3 is 2.81 bits per heavy atom. The van der Waals surface area contributed by atoms with Crippen LogP contribution >= 0.6 is 35.3 Å². The van der Waals surface area contributed by atoms with Crippen molar-refractivity contribution in [2.24, 2.45) is 5.92 Å². The highest BCUT2D eigenvalue weighted by molar-refractivity contribution is 8.23. The SMILES string of the molecule is Cc1ccc2nc(-c3ccc(NC(=O)CSC(=S)N4C[C@@H]5C[C@@H](C4)c4cccc(=O)n4C5)cc3)sc2c1. The van der Waals surface area contributed by atoms with Gasteiger partial charge in [0.15, 0.2) is 0 Å². The minimum absolute atomic E-state index is 0.0790. The molecule has 0 aliphatic carbocycles. The van der Waals surface area contributed by atoms with Crippen molar-refractivity contribution in [2.75, 3.05) is 24.2 Å². The van der Waals surface area contributed by atoms with Crippen LogP contribution < -0.4 is 10.9 Å². The van der Waals surface area contributed by atoms with Crippen molar-refractivity contribution in [3.63, 3.8) is 0 Å². The lowest BCUT2D eigenvalue weighted by Gasteiger charge is -2.43. The van der Waals surface area contributed by atoms with Gasteiger partial charge in [-0.1, -0.05) is 36.1 Å². The van der Waals surface area contributed by atoms with Gasteiger partial charge >= 0.3 is 0 Å². The molecule has 37 heavy (non-hydrogen) atoms. The van der Waals surface area contributed by atoms with Gasteiger partial charge in [0.05, 0.1) is 16.0 Å². The molecule has 2 aromatic carbocycles. The normalized spacial score (nSPS) is 18.5. The maximum atomic E-state index is 12.6. The number of aromatic nitrogens is 2. The summed E-state index contributed by atoms with van der Waals surface area (Å²) in [5.74, 6) is 0.882. The molecule has 1 saturated heterocycles. The van der Waals surface area contributed by atoms with Crippen LogP contribution in [0.25, 0.3) is 20.8 Å². The highest BCUT2D eigenvalue weighted by Crippen LogP contribution is 2.36. The Kier molecular flexibility index (Phi) is 6.60. The summed E-state index contributed by atoms with van der Waals surface area (Å²) in [6.45, 7) is 4.45. The first kappa shape index (κ1) is 24.3. The van der Waals surface area contributed by atoms with Gasteiger partial charge in [0.1, 0.15) is 9.33 Å². The van der Waals surface area contributed by atoms with Crippen molar-refractivity contribution < 1.29 is 4.79 Å². The van der Waals surface area contributed by atoms with E-state index in [2.05, 4.69) is 41.4 Å². The van der Waals surface area contributed by atoms with Crippen LogP contribution in [0.2, 0.25) is 0 Å². The van der Waals surface area contributed by atoms with Gasteiger partial charge in [-0.15, -0.1) is 11.3 Å². The quantitative estimate of drug-likeness (QED) is 0.341. The van der Waals surface area contributed by atoms with Crippen LogP contribution in [-0.4, -0.2) is 43.5 Å². The van der Waals surface area contributed by atoms with E-state index < -0.39 is 0 Å². The number of thioether (sulfide) groups is 1. The summed E-state index contributed by atoms with van der Waals surface area (Å²) < 4.78 is 3.84. The molecule has 0 spiro atoms. The van der Waals surface area contributed by atoms with Crippen molar-refractivity contribution in [1.82, 2.24) is 14.5 Å². The van der Waals surface area contributed by atoms with Crippen molar-refractivity contribution in [3.8, 4) is 10.6 Å². The molecular formula is C28H26N4O2S3. The maximum absolute atomic E-state index is 12.6. The summed E-state index contributed by atoms with van der Waals surface area (Å²) in [6.07, 6.45) is 1.08. The first-order valence-electron chi connectivity index (χ1n) is 12.3. The first-order chi connectivity index (χ1) is 17.9. The molecule has 2 atom stereocenters. The number of hydrogen-bond donors (Lipinski definition) is 1. The fraction of sp³-hybridized carbons (Fsp3) is 0.286. The van der Waals surface area contributed by atoms with E-state index in [1.54, 1.807) is 17.4 Å². The van der Waals surface area contributed by atoms with Crippen LogP contribution in [0.3, 0.4) is 0 Å². The van der Waals surface area contributed by atoms with E-state index in [0.717, 1.165) is 57.8 Å². The van der Waals surface area contributed by atoms with Gasteiger partial charge in [-0.25, -0.2) is 4.98 Å². The fourth-order valence-corrected chi connectivity index (χ4v) is 7.37. The third kappa shape index (κ3) is 5.08. The molecule has 2 aliphatic rings. The van der Waals surface area contributed by atoms with E-state index >= 15 is 0 Å². The summed E-state index contributed by atoms with van der Waals surface area (Å²) in [5, 5.41) is 3.95. The average Bonchev–Trinajstić information content (AvgIpc) is 3.31. The van der Waals surface area contributed by atoms with Crippen LogP contribution in [0.5, 0.6) is 0 Å². The number of rotatable bonds is 4. The van der Waals surface area contributed by atoms with Crippen molar-refractivity contribution in [1.29, 1.82) is 0 Å². The molecule has 0 radical (unpaired) electrons. The second kappa shape index (κ2) is 10.0. The molecular weight excluding hydrogens is 521 g/mol. The summed E-state index contributed by atoms with van der Waals surface area (Å²) in [7, 11) is 0. The van der Waals surface area contributed by atoms with E-state index in [1.807, 2.05) is 34.9 Å². The van der Waals surface area contributed by atoms with E-state index in [9.17, 15) is 9.59 Å². The lowest BCUT2D eigenvalue weighted by Crippen LogP contribution is -2.48. The third-order valence-corrected chi connectivity index (χ3v) is 9.61. The Hall–Kier alpha value is -3.01. The largest absolute Gasteiger partial charge is 0.356 e. The number of hydrogen-bond acceptors (Lipinski definition) is 6. The number of nitrogens with zero attached hydrogens (tertiary/aromatic N) is 3. The van der Waals surface area contributed by atoms with Gasteiger partial charge in [0.25, 0.3) is 5.56 Å². The molecule has 2 aromatic heterocycles. The Bertz CT molecular complexity index is 1560. The highest BCUT2D eigenvalue weighted by atomic mass is 32.2. The molecule has 0 saturated carbocycles. The first-order valence-corrected chi connectivity index (χ1v) is 14.5. The fourth-order valence-electron chi connectivity index (χ4n) is 5.31. The zero-order valence-electron chi connectivity index (χ0n) is 20.3. The molecule has 6 nitrogen and oxygen atoms in total. The number of benzene rings is 2. The molecule has 2 aliphatic heterocycles. The highest BCUT2D eigenvalue weighted by Gasteiger charge is 2.35. The lowest BCUT2D eigenvalue weighted by atomic mass is 9.83. The standard InChI is InChI=1S/C28H26N4O2S3/c1-17-5-10-22-24(11-17)37-27(30-22)19-6-8-21(9-7-19)29-25(33)16-36-28(35)31-13-18-12-20(15-31)23-3-2-4-26(34)32(23)14-18/h2-11,18,20H,12-16H2,1H3,(H,29,33)/t18-,20-/m0/s1. The number of carbonyl (C=O) groups is 1. The summed E-state index contributed by atoms with van der Waals surface area (Å²) in [4.78, 5) is 31.8. The van der Waals surface area contributed by atoms with E-state index in [1.165, 1.54) is 22.0 Å². The molecule has 2 bridgehead atoms. The lowest BCUT2D eigenvalue weighted by molar-refractivity contribution is -0.113. The number of thiazole rings is 1. The average molecular weight is 547 g/mol. The Balaban J connectivity index is 1.04. The van der Waals surface area contributed by atoms with Gasteiger partial charge in [-0.05, 0) is 67.3 Å². The van der Waals surface area contributed by atoms with Crippen molar-refractivity contribution >= 4 is 61.4 Å². The number of anilines is 1. The molecule has 9 heteroatoms. The Morgan fingerprint density at radius 1 is 1.14 bits per heavy atom. The maximum Gasteiger partial charge on any atom is 0.250 e. The molecule has 1 N–H and O–H groups in total. The number of fused-ring (bicyclic) bond motifs is 5. The predicted octanol–water partition coefficient (Wildman–Crippen LogP) is 5.51. The zero-order valence-corrected chi connectivity index (χ0v) is 22.8. The molecule has 1 fully saturated rings. The van der Waals surface area contributed by atoms with E-state index in [0.29, 0.717) is 11.8 Å². The Morgan fingerprint density at radius 2 is 1.97 bits per heavy atom. The van der Waals surface area contributed by atoms with Crippen LogP contribution in [0.15, 0.2) is 65.5 Å². The second-order valence-electron chi connectivity index (χ2n) is 9.77. The van der Waals surface area contributed by atoms with Gasteiger partial charge in [0, 0.05) is 48.6 Å². The number of likely N-dealkylation sites (tertiary alicyclic amines) is 1. The Labute approximate surface area is 228 Å². The van der Waals surface area contributed by atoms with Crippen LogP contribution in [-0.2, 0) is 11.3 Å². The number of nitrogens with one attached hydrogen (secondary N) is 1. The van der Waals surface area contributed by atoms with Gasteiger partial charge in [-0.3, -0.25) is 9.59 Å². The molecule has 188 valence electrons. The minimum Gasteiger partial charge on any atom is -0.356 e. The monoisotopic (exact) mass is 546 g/mol. The molecule has 4 aromatic rings. The molecule has 4 heterocycles. The number of amides is 1. The summed E-state index contributed by atoms with van der Waals surface area (Å²) in [5.41, 5.74) is 5.20. The molecule has 6 rings (SSSR count). The predicted molar refractivity (Wildman–Crippen MR) is 157 cm³/mol. The number of aryl methyl sites for hydroxylation is 1. The molecule has 0 unspecified atom stereocenters. The van der Waals surface area contributed by atoms with Crippen LogP contribution in [0.4, 0.5) is 5.69 Å². The van der Waals surface area contributed by atoms with Gasteiger partial charge < -0.3 is 14.8 Å². The minimum atomic E-state index is -0.0790. The second-order valence-corrected chi connectivity index (χ2v) is 12.4. The van der Waals surface area contributed by atoms with Crippen molar-refractivity contribution in [2.45, 2.75) is 25.8 Å². The number of piperidine rings is 1. The van der Waals surface area contributed by atoms with Crippen LogP contribution in [0, 0.1) is 12.8 Å². The summed E-state index contributed by atoms with van der Waals surface area (Å²) >= 11 is 8.78. The van der Waals surface area contributed by atoms with E-state index in [-0.39, 0.29) is 17.2 Å². The summed E-state index contributed by atoms with van der Waals surface area (Å²) in [6, 6.07) is 19.6. The third-order valence-electron chi connectivity index (χ3n) is 7.02. The van der Waals surface area contributed by atoms with E-state index in [4.69, 9.17) is 17.2 Å². The zero-order chi connectivity index (χ0) is 25.5. The topological polar surface area (TPSA) is 67.2 Å². The van der Waals surface area contributed by atoms with Crippen molar-refractivity contribution in [3.05, 3.63) is 82.3 Å². The molecule has 1 amide bonds.